The third-order valence-electron chi connectivity index (χ3n) is 7.09. The van der Waals surface area contributed by atoms with Gasteiger partial charge < -0.3 is 14.4 Å². The summed E-state index contributed by atoms with van der Waals surface area (Å²) in [5.74, 6) is 0.740. The van der Waals surface area contributed by atoms with Crippen LogP contribution in [0.2, 0.25) is 0 Å². The molecular weight excluding hydrogens is 464 g/mol. The number of nitrogens with zero attached hydrogens (tertiary/aromatic N) is 2. The number of carbonyl (C=O) groups is 3. The molecule has 0 unspecified atom stereocenters. The van der Waals surface area contributed by atoms with Crippen LogP contribution in [-0.4, -0.2) is 59.6 Å². The van der Waals surface area contributed by atoms with E-state index in [2.05, 4.69) is 0 Å². The maximum absolute atomic E-state index is 14.3. The Labute approximate surface area is 209 Å². The zero-order valence-electron chi connectivity index (χ0n) is 20.1. The van der Waals surface area contributed by atoms with E-state index < -0.39 is 10.8 Å². The minimum atomic E-state index is -1.16. The number of hydrogen-bond acceptors (Lipinski definition) is 6. The lowest BCUT2D eigenvalue weighted by atomic mass is 9.90. The van der Waals surface area contributed by atoms with Crippen molar-refractivity contribution >= 4 is 29.5 Å². The first-order chi connectivity index (χ1) is 17.0. The summed E-state index contributed by atoms with van der Waals surface area (Å²) in [5, 5.41) is 0. The second-order valence-corrected chi connectivity index (χ2v) is 10.8. The number of likely N-dealkylation sites (tertiary alicyclic amines) is 2. The maximum Gasteiger partial charge on any atom is 0.242 e. The number of rotatable bonds is 7. The average molecular weight is 495 g/mol. The Kier molecular flexibility index (Phi) is 6.49. The van der Waals surface area contributed by atoms with E-state index in [9.17, 15) is 14.4 Å². The summed E-state index contributed by atoms with van der Waals surface area (Å²) in [6.07, 6.45) is 3.45. The highest BCUT2D eigenvalue weighted by Crippen LogP contribution is 2.55. The summed E-state index contributed by atoms with van der Waals surface area (Å²) >= 11 is 1.39. The average Bonchev–Trinajstić information content (AvgIpc) is 3.51. The zero-order valence-corrected chi connectivity index (χ0v) is 20.9. The molecule has 1 aliphatic carbocycles. The van der Waals surface area contributed by atoms with Crippen LogP contribution < -0.4 is 9.47 Å². The molecule has 3 fully saturated rings. The summed E-state index contributed by atoms with van der Waals surface area (Å²) < 4.78 is 9.48. The van der Waals surface area contributed by atoms with Crippen LogP contribution in [0.3, 0.4) is 0 Å². The van der Waals surface area contributed by atoms with E-state index in [1.807, 2.05) is 53.4 Å². The van der Waals surface area contributed by atoms with Crippen molar-refractivity contribution in [2.75, 3.05) is 27.3 Å². The summed E-state index contributed by atoms with van der Waals surface area (Å²) in [4.78, 5) is 45.4. The van der Waals surface area contributed by atoms with Crippen molar-refractivity contribution in [3.63, 3.8) is 0 Å². The minimum Gasteiger partial charge on any atom is -0.497 e. The van der Waals surface area contributed by atoms with E-state index in [-0.39, 0.29) is 30.1 Å². The second kappa shape index (κ2) is 9.57. The number of carbonyl (C=O) groups excluding carboxylic acids is 3. The van der Waals surface area contributed by atoms with E-state index in [1.54, 1.807) is 14.2 Å². The number of imide groups is 1. The maximum atomic E-state index is 14.3. The van der Waals surface area contributed by atoms with Gasteiger partial charge in [0.25, 0.3) is 0 Å². The minimum absolute atomic E-state index is 0.0197. The zero-order chi connectivity index (χ0) is 24.6. The van der Waals surface area contributed by atoms with Crippen LogP contribution in [0, 0.1) is 5.92 Å². The largest absolute Gasteiger partial charge is 0.497 e. The normalized spacial score (nSPS) is 24.1. The van der Waals surface area contributed by atoms with E-state index in [4.69, 9.17) is 9.47 Å². The highest BCUT2D eigenvalue weighted by Gasteiger charge is 2.62. The molecule has 184 valence electrons. The standard InChI is InChI=1S/C27H30N2O5S/c1-33-20-9-7-18(8-10-20)24-27(26(32)28-15-3-4-16-28,35-22-13-11-21(34-2)12-14-22)17-23(30)29(24)25(31)19-5-6-19/h7-14,19,24H,3-6,15-17H2,1-2H3/t24-,27-/m1/s1. The number of thioether (sulfide) groups is 1. The lowest BCUT2D eigenvalue weighted by molar-refractivity contribution is -0.145. The molecule has 2 aromatic carbocycles. The van der Waals surface area contributed by atoms with Gasteiger partial charge in [0.05, 0.1) is 26.7 Å². The Hall–Kier alpha value is -3.00. The van der Waals surface area contributed by atoms with Crippen molar-refractivity contribution in [1.29, 1.82) is 0 Å². The summed E-state index contributed by atoms with van der Waals surface area (Å²) in [6.45, 7) is 1.34. The van der Waals surface area contributed by atoms with Crippen LogP contribution in [0.15, 0.2) is 53.4 Å². The second-order valence-electron chi connectivity index (χ2n) is 9.40. The monoisotopic (exact) mass is 494 g/mol. The molecule has 3 amide bonds. The van der Waals surface area contributed by atoms with Crippen LogP contribution in [-0.2, 0) is 14.4 Å². The smallest absolute Gasteiger partial charge is 0.242 e. The molecule has 2 aromatic rings. The van der Waals surface area contributed by atoms with Crippen molar-refractivity contribution in [3.05, 3.63) is 54.1 Å². The van der Waals surface area contributed by atoms with Crippen molar-refractivity contribution in [2.24, 2.45) is 5.92 Å². The Morgan fingerprint density at radius 1 is 0.914 bits per heavy atom. The Balaban J connectivity index is 1.63. The molecule has 0 radical (unpaired) electrons. The van der Waals surface area contributed by atoms with Crippen LogP contribution in [0.4, 0.5) is 0 Å². The highest BCUT2D eigenvalue weighted by atomic mass is 32.2. The van der Waals surface area contributed by atoms with Crippen molar-refractivity contribution in [1.82, 2.24) is 9.80 Å². The van der Waals surface area contributed by atoms with Gasteiger partial charge in [0.15, 0.2) is 0 Å². The van der Waals surface area contributed by atoms with Gasteiger partial charge in [0.2, 0.25) is 17.7 Å². The van der Waals surface area contributed by atoms with Crippen molar-refractivity contribution < 1.29 is 23.9 Å². The number of ether oxygens (including phenoxy) is 2. The van der Waals surface area contributed by atoms with Crippen LogP contribution >= 0.6 is 11.8 Å². The van der Waals surface area contributed by atoms with Gasteiger partial charge in [-0.2, -0.15) is 0 Å². The van der Waals surface area contributed by atoms with Gasteiger partial charge in [0, 0.05) is 23.9 Å². The molecule has 3 aliphatic rings. The molecule has 0 bridgehead atoms. The predicted octanol–water partition coefficient (Wildman–Crippen LogP) is 4.07. The highest BCUT2D eigenvalue weighted by molar-refractivity contribution is 8.01. The molecule has 0 aromatic heterocycles. The third-order valence-corrected chi connectivity index (χ3v) is 8.51. The van der Waals surface area contributed by atoms with Crippen LogP contribution in [0.1, 0.15) is 43.7 Å². The lowest BCUT2D eigenvalue weighted by Crippen LogP contribution is -2.50. The van der Waals surface area contributed by atoms with Gasteiger partial charge in [-0.15, -0.1) is 11.8 Å². The van der Waals surface area contributed by atoms with Crippen molar-refractivity contribution in [3.8, 4) is 11.5 Å². The SMILES string of the molecule is COc1ccc(S[C@]2(C(=O)N3CCCC3)CC(=O)N(C(=O)C3CC3)[C@@H]2c2ccc(OC)cc2)cc1. The Morgan fingerprint density at radius 2 is 1.49 bits per heavy atom. The van der Waals surface area contributed by atoms with E-state index in [0.29, 0.717) is 24.6 Å². The summed E-state index contributed by atoms with van der Waals surface area (Å²) in [7, 11) is 3.20. The van der Waals surface area contributed by atoms with Crippen LogP contribution in [0.25, 0.3) is 0 Å². The van der Waals surface area contributed by atoms with Crippen LogP contribution in [0.5, 0.6) is 11.5 Å². The summed E-state index contributed by atoms with van der Waals surface area (Å²) in [5.41, 5.74) is 0.763. The van der Waals surface area contributed by atoms with Gasteiger partial charge in [-0.3, -0.25) is 19.3 Å². The molecule has 1 saturated carbocycles. The van der Waals surface area contributed by atoms with Gasteiger partial charge in [0.1, 0.15) is 16.2 Å². The van der Waals surface area contributed by atoms with E-state index in [1.165, 1.54) is 16.7 Å². The molecule has 2 saturated heterocycles. The van der Waals surface area contributed by atoms with Gasteiger partial charge in [-0.05, 0) is 67.6 Å². The predicted molar refractivity (Wildman–Crippen MR) is 132 cm³/mol. The first-order valence-corrected chi connectivity index (χ1v) is 12.9. The fourth-order valence-electron chi connectivity index (χ4n) is 5.11. The Bertz CT molecular complexity index is 1110. The fraction of sp³-hybridized carbons (Fsp3) is 0.444. The molecular formula is C27H30N2O5S. The molecule has 2 aliphatic heterocycles. The molecule has 8 heteroatoms. The molecule has 35 heavy (non-hydrogen) atoms. The number of amides is 3. The van der Waals surface area contributed by atoms with E-state index >= 15 is 0 Å². The van der Waals surface area contributed by atoms with Gasteiger partial charge in [-0.25, -0.2) is 0 Å². The first-order valence-electron chi connectivity index (χ1n) is 12.1. The summed E-state index contributed by atoms with van der Waals surface area (Å²) in [6, 6.07) is 14.2. The van der Waals surface area contributed by atoms with Gasteiger partial charge >= 0.3 is 0 Å². The number of benzene rings is 2. The molecule has 0 N–H and O–H groups in total. The molecule has 0 spiro atoms. The number of hydrogen-bond donors (Lipinski definition) is 0. The first kappa shape index (κ1) is 23.7. The fourth-order valence-corrected chi connectivity index (χ4v) is 6.57. The van der Waals surface area contributed by atoms with E-state index in [0.717, 1.165) is 36.1 Å². The molecule has 2 atom stereocenters. The topological polar surface area (TPSA) is 76.2 Å². The van der Waals surface area contributed by atoms with Crippen molar-refractivity contribution in [2.45, 2.75) is 47.8 Å². The van der Waals surface area contributed by atoms with Gasteiger partial charge in [-0.1, -0.05) is 12.1 Å². The molecule has 7 nitrogen and oxygen atoms in total. The Morgan fingerprint density at radius 3 is 2.03 bits per heavy atom. The number of methoxy groups -OCH3 is 2. The third kappa shape index (κ3) is 4.40. The lowest BCUT2D eigenvalue weighted by Gasteiger charge is -2.38. The quantitative estimate of drug-likeness (QED) is 0.540. The molecule has 5 rings (SSSR count). The molecule has 2 heterocycles.